The fourth-order valence-corrected chi connectivity index (χ4v) is 2.55. The van der Waals surface area contributed by atoms with Crippen molar-refractivity contribution >= 4 is 0 Å². The molecule has 0 aliphatic carbocycles. The standard InChI is InChI=1S/C14H18N4/c1-18-14(12-6-2-3-8-16-12)9-13(17-18)11-5-4-7-15-10-11/h2-3,6,8-9,11,15H,4-5,7,10H2,1H3. The predicted octanol–water partition coefficient (Wildman–Crippen LogP) is 1.95. The number of rotatable bonds is 2. The second kappa shape index (κ2) is 4.90. The van der Waals surface area contributed by atoms with E-state index in [9.17, 15) is 0 Å². The van der Waals surface area contributed by atoms with Gasteiger partial charge in [0.25, 0.3) is 0 Å². The molecule has 18 heavy (non-hydrogen) atoms. The number of pyridine rings is 1. The number of hydrogen-bond donors (Lipinski definition) is 1. The maximum Gasteiger partial charge on any atom is 0.0882 e. The molecule has 0 aromatic carbocycles. The Morgan fingerprint density at radius 2 is 2.33 bits per heavy atom. The molecule has 0 spiro atoms. The van der Waals surface area contributed by atoms with Gasteiger partial charge in [-0.15, -0.1) is 0 Å². The summed E-state index contributed by atoms with van der Waals surface area (Å²) in [5.41, 5.74) is 3.27. The van der Waals surface area contributed by atoms with Crippen molar-refractivity contribution < 1.29 is 0 Å². The van der Waals surface area contributed by atoms with Crippen LogP contribution in [0.5, 0.6) is 0 Å². The van der Waals surface area contributed by atoms with Crippen molar-refractivity contribution in [2.45, 2.75) is 18.8 Å². The highest BCUT2D eigenvalue weighted by molar-refractivity contribution is 5.55. The van der Waals surface area contributed by atoms with Crippen LogP contribution in [0.25, 0.3) is 11.4 Å². The van der Waals surface area contributed by atoms with E-state index in [0.717, 1.165) is 24.5 Å². The van der Waals surface area contributed by atoms with Crippen molar-refractivity contribution in [3.8, 4) is 11.4 Å². The van der Waals surface area contributed by atoms with Crippen LogP contribution >= 0.6 is 0 Å². The molecule has 1 aliphatic rings. The van der Waals surface area contributed by atoms with Crippen LogP contribution in [0.4, 0.5) is 0 Å². The molecule has 2 aromatic heterocycles. The van der Waals surface area contributed by atoms with Gasteiger partial charge >= 0.3 is 0 Å². The van der Waals surface area contributed by atoms with Gasteiger partial charge in [-0.1, -0.05) is 6.07 Å². The van der Waals surface area contributed by atoms with E-state index in [4.69, 9.17) is 0 Å². The summed E-state index contributed by atoms with van der Waals surface area (Å²) in [6.45, 7) is 2.18. The lowest BCUT2D eigenvalue weighted by molar-refractivity contribution is 0.451. The lowest BCUT2D eigenvalue weighted by Crippen LogP contribution is -2.28. The van der Waals surface area contributed by atoms with Crippen molar-refractivity contribution in [1.29, 1.82) is 0 Å². The Kier molecular flexibility index (Phi) is 3.11. The molecule has 2 aromatic rings. The highest BCUT2D eigenvalue weighted by atomic mass is 15.3. The molecule has 1 fully saturated rings. The second-order valence-corrected chi connectivity index (χ2v) is 4.84. The fourth-order valence-electron chi connectivity index (χ4n) is 2.55. The Labute approximate surface area is 107 Å². The third-order valence-electron chi connectivity index (χ3n) is 3.54. The molecule has 4 heteroatoms. The van der Waals surface area contributed by atoms with E-state index < -0.39 is 0 Å². The third-order valence-corrected chi connectivity index (χ3v) is 3.54. The van der Waals surface area contributed by atoms with Crippen molar-refractivity contribution in [3.05, 3.63) is 36.2 Å². The SMILES string of the molecule is Cn1nc(C2CCCNC2)cc1-c1ccccn1. The first-order valence-corrected chi connectivity index (χ1v) is 6.50. The van der Waals surface area contributed by atoms with Gasteiger partial charge in [0.1, 0.15) is 0 Å². The number of piperidine rings is 1. The first kappa shape index (κ1) is 11.4. The van der Waals surface area contributed by atoms with E-state index in [1.807, 2.05) is 36.1 Å². The van der Waals surface area contributed by atoms with Crippen molar-refractivity contribution in [2.24, 2.45) is 7.05 Å². The van der Waals surface area contributed by atoms with Gasteiger partial charge in [0.05, 0.1) is 17.1 Å². The van der Waals surface area contributed by atoms with Crippen molar-refractivity contribution in [1.82, 2.24) is 20.1 Å². The fraction of sp³-hybridized carbons (Fsp3) is 0.429. The smallest absolute Gasteiger partial charge is 0.0882 e. The van der Waals surface area contributed by atoms with Gasteiger partial charge in [0.15, 0.2) is 0 Å². The number of hydrogen-bond acceptors (Lipinski definition) is 3. The van der Waals surface area contributed by atoms with E-state index in [0.29, 0.717) is 5.92 Å². The Balaban J connectivity index is 1.91. The summed E-state index contributed by atoms with van der Waals surface area (Å²) in [5.74, 6) is 0.544. The predicted molar refractivity (Wildman–Crippen MR) is 71.3 cm³/mol. The molecule has 4 nitrogen and oxygen atoms in total. The minimum atomic E-state index is 0.544. The molecule has 0 saturated carbocycles. The average molecular weight is 242 g/mol. The van der Waals surface area contributed by atoms with Crippen molar-refractivity contribution in [2.75, 3.05) is 13.1 Å². The molecule has 1 N–H and O–H groups in total. The molecular formula is C14H18N4. The Morgan fingerprint density at radius 3 is 3.06 bits per heavy atom. The summed E-state index contributed by atoms with van der Waals surface area (Å²) in [7, 11) is 1.99. The Morgan fingerprint density at radius 1 is 1.39 bits per heavy atom. The van der Waals surface area contributed by atoms with Crippen LogP contribution in [0.15, 0.2) is 30.5 Å². The zero-order chi connectivity index (χ0) is 12.4. The van der Waals surface area contributed by atoms with E-state index in [1.165, 1.54) is 18.5 Å². The molecule has 1 saturated heterocycles. The average Bonchev–Trinajstić information content (AvgIpc) is 2.83. The second-order valence-electron chi connectivity index (χ2n) is 4.84. The molecule has 94 valence electrons. The summed E-state index contributed by atoms with van der Waals surface area (Å²) >= 11 is 0. The van der Waals surface area contributed by atoms with Crippen LogP contribution in [-0.4, -0.2) is 27.9 Å². The molecule has 1 atom stereocenters. The molecule has 0 radical (unpaired) electrons. The summed E-state index contributed by atoms with van der Waals surface area (Å²) in [6.07, 6.45) is 4.29. The maximum absolute atomic E-state index is 4.65. The first-order valence-electron chi connectivity index (χ1n) is 6.50. The monoisotopic (exact) mass is 242 g/mol. The van der Waals surface area contributed by atoms with E-state index in [1.54, 1.807) is 0 Å². The number of nitrogens with one attached hydrogen (secondary N) is 1. The topological polar surface area (TPSA) is 42.7 Å². The number of aromatic nitrogens is 3. The molecule has 0 bridgehead atoms. The minimum Gasteiger partial charge on any atom is -0.316 e. The normalized spacial score (nSPS) is 19.9. The van der Waals surface area contributed by atoms with Crippen molar-refractivity contribution in [3.63, 3.8) is 0 Å². The van der Waals surface area contributed by atoms with Gasteiger partial charge in [0.2, 0.25) is 0 Å². The Bertz CT molecular complexity index is 512. The van der Waals surface area contributed by atoms with Crippen LogP contribution in [0.2, 0.25) is 0 Å². The summed E-state index contributed by atoms with van der Waals surface area (Å²) in [4.78, 5) is 4.39. The van der Waals surface area contributed by atoms with Crippen LogP contribution in [0, 0.1) is 0 Å². The highest BCUT2D eigenvalue weighted by Gasteiger charge is 2.19. The summed E-state index contributed by atoms with van der Waals surface area (Å²) in [6, 6.07) is 8.16. The largest absolute Gasteiger partial charge is 0.316 e. The summed E-state index contributed by atoms with van der Waals surface area (Å²) in [5, 5.41) is 8.08. The van der Waals surface area contributed by atoms with Crippen LogP contribution in [-0.2, 0) is 7.05 Å². The molecule has 1 unspecified atom stereocenters. The van der Waals surface area contributed by atoms with Crippen LogP contribution in [0.3, 0.4) is 0 Å². The minimum absolute atomic E-state index is 0.544. The van der Waals surface area contributed by atoms with Gasteiger partial charge in [0, 0.05) is 25.7 Å². The maximum atomic E-state index is 4.65. The lowest BCUT2D eigenvalue weighted by Gasteiger charge is -2.20. The Hall–Kier alpha value is -1.68. The van der Waals surface area contributed by atoms with Gasteiger partial charge < -0.3 is 5.32 Å². The van der Waals surface area contributed by atoms with Crippen LogP contribution in [0.1, 0.15) is 24.5 Å². The van der Waals surface area contributed by atoms with E-state index >= 15 is 0 Å². The van der Waals surface area contributed by atoms with Gasteiger partial charge in [-0.3, -0.25) is 9.67 Å². The van der Waals surface area contributed by atoms with E-state index in [-0.39, 0.29) is 0 Å². The van der Waals surface area contributed by atoms with E-state index in [2.05, 4.69) is 21.5 Å². The molecule has 3 heterocycles. The quantitative estimate of drug-likeness (QED) is 0.875. The number of nitrogens with zero attached hydrogens (tertiary/aromatic N) is 3. The van der Waals surface area contributed by atoms with Crippen LogP contribution < -0.4 is 5.32 Å². The molecule has 3 rings (SSSR count). The van der Waals surface area contributed by atoms with Gasteiger partial charge in [-0.05, 0) is 37.6 Å². The summed E-state index contributed by atoms with van der Waals surface area (Å²) < 4.78 is 1.94. The number of aryl methyl sites for hydroxylation is 1. The lowest BCUT2D eigenvalue weighted by atomic mass is 9.96. The third kappa shape index (κ3) is 2.16. The van der Waals surface area contributed by atoms with Gasteiger partial charge in [-0.25, -0.2) is 0 Å². The first-order chi connectivity index (χ1) is 8.84. The molecule has 0 amide bonds. The zero-order valence-corrected chi connectivity index (χ0v) is 10.6. The molecular weight excluding hydrogens is 224 g/mol. The molecule has 1 aliphatic heterocycles. The zero-order valence-electron chi connectivity index (χ0n) is 10.6. The highest BCUT2D eigenvalue weighted by Crippen LogP contribution is 2.25. The van der Waals surface area contributed by atoms with Gasteiger partial charge in [-0.2, -0.15) is 5.10 Å².